The van der Waals surface area contributed by atoms with E-state index in [0.717, 1.165) is 33.8 Å². The van der Waals surface area contributed by atoms with Crippen molar-refractivity contribution in [3.05, 3.63) is 128 Å². The molecule has 39 heavy (non-hydrogen) atoms. The number of aliphatic imine (C=N–C) groups is 1. The number of carboxylic acid groups (broad SMARTS) is 1. The molecule has 0 aliphatic carbocycles. The van der Waals surface area contributed by atoms with E-state index in [4.69, 9.17) is 16.6 Å². The lowest BCUT2D eigenvalue weighted by atomic mass is 10.2. The van der Waals surface area contributed by atoms with Gasteiger partial charge in [-0.15, -0.1) is 0 Å². The third-order valence-electron chi connectivity index (χ3n) is 6.51. The zero-order chi connectivity index (χ0) is 27.5. The predicted molar refractivity (Wildman–Crippen MR) is 157 cm³/mol. The number of hydrogen-bond acceptors (Lipinski definition) is 4. The first kappa shape index (κ1) is 26.5. The molecule has 1 fully saturated rings. The van der Waals surface area contributed by atoms with Crippen LogP contribution in [0.4, 0.5) is 0 Å². The number of hydrogen-bond donors (Lipinski definition) is 1. The standard InChI is InChI=1S/C31H26ClN3O3S/c1-20-15-24(21(2)35(20)25-13-14-26(30(37)38)27(32)17-25)16-28-29(36)34(19-23-11-7-4-8-12-23)31(39-28)33-18-22-9-5-3-6-10-22/h3-17H,18-19H2,1-2H3,(H,37,38)/b28-16-,33-31?. The fraction of sp³-hybridized carbons (Fsp3) is 0.129. The monoisotopic (exact) mass is 555 g/mol. The van der Waals surface area contributed by atoms with Crippen molar-refractivity contribution in [2.75, 3.05) is 0 Å². The van der Waals surface area contributed by atoms with E-state index in [0.29, 0.717) is 23.2 Å². The Kier molecular flexibility index (Phi) is 7.72. The lowest BCUT2D eigenvalue weighted by Crippen LogP contribution is -2.28. The molecule has 0 bridgehead atoms. The molecule has 196 valence electrons. The zero-order valence-corrected chi connectivity index (χ0v) is 23.0. The zero-order valence-electron chi connectivity index (χ0n) is 21.5. The number of aromatic carboxylic acids is 1. The van der Waals surface area contributed by atoms with Crippen LogP contribution in [0.1, 0.15) is 38.4 Å². The van der Waals surface area contributed by atoms with Crippen LogP contribution in [0.3, 0.4) is 0 Å². The molecule has 1 aromatic heterocycles. The summed E-state index contributed by atoms with van der Waals surface area (Å²) in [4.78, 5) is 32.2. The molecule has 1 amide bonds. The van der Waals surface area contributed by atoms with Gasteiger partial charge in [0.2, 0.25) is 0 Å². The van der Waals surface area contributed by atoms with Crippen LogP contribution in [0, 0.1) is 13.8 Å². The summed E-state index contributed by atoms with van der Waals surface area (Å²) in [6.07, 6.45) is 1.90. The van der Waals surface area contributed by atoms with Crippen molar-refractivity contribution in [1.29, 1.82) is 0 Å². The molecule has 0 spiro atoms. The van der Waals surface area contributed by atoms with Crippen LogP contribution < -0.4 is 0 Å². The summed E-state index contributed by atoms with van der Waals surface area (Å²) in [5, 5.41) is 10.2. The second-order valence-electron chi connectivity index (χ2n) is 9.20. The number of carboxylic acids is 1. The van der Waals surface area contributed by atoms with Crippen molar-refractivity contribution in [2.24, 2.45) is 4.99 Å². The molecular weight excluding hydrogens is 530 g/mol. The van der Waals surface area contributed by atoms with Crippen molar-refractivity contribution >= 4 is 46.5 Å². The summed E-state index contributed by atoms with van der Waals surface area (Å²) in [5.41, 5.74) is 5.66. The van der Waals surface area contributed by atoms with E-state index in [1.165, 1.54) is 17.8 Å². The third-order valence-corrected chi connectivity index (χ3v) is 7.87. The topological polar surface area (TPSA) is 74.9 Å². The summed E-state index contributed by atoms with van der Waals surface area (Å²) in [6, 6.07) is 26.8. The average molecular weight is 556 g/mol. The van der Waals surface area contributed by atoms with E-state index in [1.54, 1.807) is 17.0 Å². The number of aromatic nitrogens is 1. The molecule has 0 saturated carbocycles. The maximum Gasteiger partial charge on any atom is 0.337 e. The SMILES string of the molecule is Cc1cc(/C=C2\SC(=NCc3ccccc3)N(Cc3ccccc3)C2=O)c(C)n1-c1ccc(C(=O)O)c(Cl)c1. The van der Waals surface area contributed by atoms with Gasteiger partial charge in [0.15, 0.2) is 5.17 Å². The Bertz CT molecular complexity index is 1610. The van der Waals surface area contributed by atoms with Crippen LogP contribution in [0.25, 0.3) is 11.8 Å². The third kappa shape index (κ3) is 5.70. The van der Waals surface area contributed by atoms with Gasteiger partial charge in [0.25, 0.3) is 5.91 Å². The molecule has 1 aliphatic heterocycles. The van der Waals surface area contributed by atoms with E-state index in [-0.39, 0.29) is 16.5 Å². The van der Waals surface area contributed by atoms with Crippen LogP contribution in [0.15, 0.2) is 94.8 Å². The fourth-order valence-electron chi connectivity index (χ4n) is 4.56. The molecule has 1 saturated heterocycles. The summed E-state index contributed by atoms with van der Waals surface area (Å²) in [7, 11) is 0. The van der Waals surface area contributed by atoms with Crippen molar-refractivity contribution in [3.63, 3.8) is 0 Å². The largest absolute Gasteiger partial charge is 0.478 e. The van der Waals surface area contributed by atoms with Crippen molar-refractivity contribution in [1.82, 2.24) is 9.47 Å². The van der Waals surface area contributed by atoms with E-state index in [9.17, 15) is 14.7 Å². The van der Waals surface area contributed by atoms with Crippen molar-refractivity contribution in [2.45, 2.75) is 26.9 Å². The van der Waals surface area contributed by atoms with E-state index >= 15 is 0 Å². The summed E-state index contributed by atoms with van der Waals surface area (Å²) < 4.78 is 2.00. The van der Waals surface area contributed by atoms with Gasteiger partial charge in [-0.3, -0.25) is 14.7 Å². The minimum atomic E-state index is -1.07. The quantitative estimate of drug-likeness (QED) is 0.246. The molecule has 2 heterocycles. The number of amides is 1. The number of rotatable bonds is 7. The molecule has 0 radical (unpaired) electrons. The van der Waals surface area contributed by atoms with E-state index in [2.05, 4.69) is 0 Å². The van der Waals surface area contributed by atoms with Gasteiger partial charge in [-0.05, 0) is 72.6 Å². The molecule has 6 nitrogen and oxygen atoms in total. The fourth-order valence-corrected chi connectivity index (χ4v) is 5.78. The average Bonchev–Trinajstić information content (AvgIpc) is 3.37. The first-order valence-electron chi connectivity index (χ1n) is 12.4. The number of carbonyl (C=O) groups excluding carboxylic acids is 1. The highest BCUT2D eigenvalue weighted by atomic mass is 35.5. The van der Waals surface area contributed by atoms with Gasteiger partial charge in [-0.1, -0.05) is 72.3 Å². The second-order valence-corrected chi connectivity index (χ2v) is 10.6. The van der Waals surface area contributed by atoms with Gasteiger partial charge in [0.1, 0.15) is 0 Å². The Morgan fingerprint density at radius 3 is 2.28 bits per heavy atom. The predicted octanol–water partition coefficient (Wildman–Crippen LogP) is 7.12. The maximum atomic E-state index is 13.6. The first-order chi connectivity index (χ1) is 18.8. The minimum absolute atomic E-state index is 0.0546. The van der Waals surface area contributed by atoms with Gasteiger partial charge >= 0.3 is 5.97 Å². The molecule has 4 aromatic rings. The van der Waals surface area contributed by atoms with Crippen LogP contribution in [0.2, 0.25) is 5.02 Å². The van der Waals surface area contributed by atoms with E-state index < -0.39 is 5.97 Å². The Labute approximate surface area is 236 Å². The Morgan fingerprint density at radius 1 is 0.974 bits per heavy atom. The summed E-state index contributed by atoms with van der Waals surface area (Å²) >= 11 is 7.62. The van der Waals surface area contributed by atoms with Gasteiger partial charge in [-0.2, -0.15) is 0 Å². The Balaban J connectivity index is 1.48. The van der Waals surface area contributed by atoms with Crippen LogP contribution in [0.5, 0.6) is 0 Å². The van der Waals surface area contributed by atoms with Gasteiger partial charge in [0.05, 0.1) is 28.6 Å². The molecular formula is C31H26ClN3O3S. The number of benzene rings is 3. The molecule has 8 heteroatoms. The molecule has 1 N–H and O–H groups in total. The number of halogens is 1. The molecule has 5 rings (SSSR count). The van der Waals surface area contributed by atoms with Crippen molar-refractivity contribution < 1.29 is 14.7 Å². The first-order valence-corrected chi connectivity index (χ1v) is 13.6. The lowest BCUT2D eigenvalue weighted by molar-refractivity contribution is -0.122. The van der Waals surface area contributed by atoms with Crippen LogP contribution in [-0.2, 0) is 17.9 Å². The minimum Gasteiger partial charge on any atom is -0.478 e. The number of aryl methyl sites for hydroxylation is 1. The molecule has 0 unspecified atom stereocenters. The molecule has 1 aliphatic rings. The molecule has 3 aromatic carbocycles. The van der Waals surface area contributed by atoms with Crippen molar-refractivity contribution in [3.8, 4) is 5.69 Å². The highest BCUT2D eigenvalue weighted by Crippen LogP contribution is 2.35. The summed E-state index contributed by atoms with van der Waals surface area (Å²) in [6.45, 7) is 4.85. The highest BCUT2D eigenvalue weighted by molar-refractivity contribution is 8.18. The Hall–Kier alpha value is -4.07. The molecule has 0 atom stereocenters. The normalized spacial score (nSPS) is 15.5. The van der Waals surface area contributed by atoms with Gasteiger partial charge < -0.3 is 9.67 Å². The number of amidine groups is 1. The second kappa shape index (κ2) is 11.4. The number of carbonyl (C=O) groups is 2. The van der Waals surface area contributed by atoms with Gasteiger partial charge in [-0.25, -0.2) is 4.79 Å². The highest BCUT2D eigenvalue weighted by Gasteiger charge is 2.33. The number of nitrogens with zero attached hydrogens (tertiary/aromatic N) is 3. The summed E-state index contributed by atoms with van der Waals surface area (Å²) in [5.74, 6) is -1.16. The van der Waals surface area contributed by atoms with E-state index in [1.807, 2.05) is 91.2 Å². The Morgan fingerprint density at radius 2 is 1.64 bits per heavy atom. The number of thioether (sulfide) groups is 1. The van der Waals surface area contributed by atoms with Crippen LogP contribution in [-0.4, -0.2) is 31.6 Å². The lowest BCUT2D eigenvalue weighted by Gasteiger charge is -2.15. The maximum absolute atomic E-state index is 13.6. The van der Waals surface area contributed by atoms with Crippen LogP contribution >= 0.6 is 23.4 Å². The van der Waals surface area contributed by atoms with Gasteiger partial charge in [0, 0.05) is 17.1 Å². The smallest absolute Gasteiger partial charge is 0.337 e.